The molecule has 3 nitrogen and oxygen atoms in total. The van der Waals surface area contributed by atoms with E-state index in [-0.39, 0.29) is 24.3 Å². The maximum Gasteiger partial charge on any atom is 0.141 e. The van der Waals surface area contributed by atoms with Crippen LogP contribution in [0.3, 0.4) is 0 Å². The molecule has 0 fully saturated rings. The summed E-state index contributed by atoms with van der Waals surface area (Å²) in [5.41, 5.74) is 0.836. The Morgan fingerprint density at radius 3 is 2.69 bits per heavy atom. The van der Waals surface area contributed by atoms with Gasteiger partial charge in [0.25, 0.3) is 0 Å². The van der Waals surface area contributed by atoms with Crippen molar-refractivity contribution in [1.29, 1.82) is 0 Å². The van der Waals surface area contributed by atoms with Crippen LogP contribution in [0.2, 0.25) is 5.02 Å². The third kappa shape index (κ3) is 4.06. The van der Waals surface area contributed by atoms with Gasteiger partial charge in [-0.2, -0.15) is 0 Å². The Labute approximate surface area is 98.9 Å². The molecule has 5 heteroatoms. The molecule has 0 heterocycles. The molecule has 1 unspecified atom stereocenters. The summed E-state index contributed by atoms with van der Waals surface area (Å²) in [6.07, 6.45) is 0.478. The van der Waals surface area contributed by atoms with Gasteiger partial charge in [-0.1, -0.05) is 17.7 Å². The normalized spacial score (nSPS) is 12.8. The molecule has 0 aliphatic heterocycles. The van der Waals surface area contributed by atoms with Crippen LogP contribution in [-0.4, -0.2) is 29.5 Å². The molecule has 0 radical (unpaired) electrons. The number of aliphatic hydroxyl groups is 2. The fourth-order valence-electron chi connectivity index (χ4n) is 1.33. The third-order valence-corrected chi connectivity index (χ3v) is 2.57. The van der Waals surface area contributed by atoms with E-state index in [1.165, 1.54) is 12.1 Å². The Balaban J connectivity index is 2.50. The largest absolute Gasteiger partial charge is 0.396 e. The summed E-state index contributed by atoms with van der Waals surface area (Å²) in [7, 11) is 0. The molecule has 0 bridgehead atoms. The molecule has 1 aromatic carbocycles. The fraction of sp³-hybridized carbons (Fsp3) is 0.455. The van der Waals surface area contributed by atoms with Crippen molar-refractivity contribution in [3.8, 4) is 0 Å². The smallest absolute Gasteiger partial charge is 0.141 e. The lowest BCUT2D eigenvalue weighted by molar-refractivity contribution is 0.200. The van der Waals surface area contributed by atoms with Crippen LogP contribution in [0, 0.1) is 5.82 Å². The lowest BCUT2D eigenvalue weighted by atomic mass is 10.2. The molecule has 0 aromatic heterocycles. The summed E-state index contributed by atoms with van der Waals surface area (Å²) in [4.78, 5) is 0. The van der Waals surface area contributed by atoms with Crippen molar-refractivity contribution in [3.05, 3.63) is 34.6 Å². The van der Waals surface area contributed by atoms with E-state index < -0.39 is 5.82 Å². The molecule has 0 saturated heterocycles. The second kappa shape index (κ2) is 6.81. The standard InChI is InChI=1S/C11H15ClFNO2/c12-10-5-8(1-2-11(10)13)6-14-9(7-16)3-4-15/h1-2,5,9,14-16H,3-4,6-7H2. The monoisotopic (exact) mass is 247 g/mol. The lowest BCUT2D eigenvalue weighted by Gasteiger charge is -2.14. The Morgan fingerprint density at radius 1 is 1.38 bits per heavy atom. The molecule has 0 aliphatic rings. The van der Waals surface area contributed by atoms with Gasteiger partial charge in [0.1, 0.15) is 5.82 Å². The van der Waals surface area contributed by atoms with E-state index in [9.17, 15) is 4.39 Å². The van der Waals surface area contributed by atoms with Crippen molar-refractivity contribution >= 4 is 11.6 Å². The van der Waals surface area contributed by atoms with Crippen molar-refractivity contribution in [3.63, 3.8) is 0 Å². The number of benzene rings is 1. The van der Waals surface area contributed by atoms with Crippen molar-refractivity contribution in [2.24, 2.45) is 0 Å². The van der Waals surface area contributed by atoms with Crippen LogP contribution in [-0.2, 0) is 6.54 Å². The molecule has 0 aliphatic carbocycles. The number of aliphatic hydroxyl groups excluding tert-OH is 2. The highest BCUT2D eigenvalue weighted by Gasteiger charge is 2.06. The van der Waals surface area contributed by atoms with Gasteiger partial charge in [0.05, 0.1) is 11.6 Å². The Kier molecular flexibility index (Phi) is 5.69. The highest BCUT2D eigenvalue weighted by atomic mass is 35.5. The van der Waals surface area contributed by atoms with Gasteiger partial charge in [0.15, 0.2) is 0 Å². The second-order valence-electron chi connectivity index (χ2n) is 3.52. The van der Waals surface area contributed by atoms with Crippen molar-refractivity contribution in [1.82, 2.24) is 5.32 Å². The Hall–Kier alpha value is -0.680. The average Bonchev–Trinajstić information content (AvgIpc) is 2.28. The summed E-state index contributed by atoms with van der Waals surface area (Å²) < 4.78 is 12.9. The molecule has 16 heavy (non-hydrogen) atoms. The molecule has 1 aromatic rings. The molecular weight excluding hydrogens is 233 g/mol. The van der Waals surface area contributed by atoms with Gasteiger partial charge in [-0.05, 0) is 24.1 Å². The summed E-state index contributed by atoms with van der Waals surface area (Å²) in [5, 5.41) is 20.8. The highest BCUT2D eigenvalue weighted by Crippen LogP contribution is 2.15. The molecular formula is C11H15ClFNO2. The van der Waals surface area contributed by atoms with Crippen LogP contribution in [0.15, 0.2) is 18.2 Å². The van der Waals surface area contributed by atoms with Gasteiger partial charge >= 0.3 is 0 Å². The zero-order valence-electron chi connectivity index (χ0n) is 8.79. The fourth-order valence-corrected chi connectivity index (χ4v) is 1.53. The summed E-state index contributed by atoms with van der Waals surface area (Å²) in [6.45, 7) is 0.448. The van der Waals surface area contributed by atoms with Crippen LogP contribution in [0.1, 0.15) is 12.0 Å². The first-order valence-electron chi connectivity index (χ1n) is 5.06. The van der Waals surface area contributed by atoms with E-state index in [0.29, 0.717) is 13.0 Å². The molecule has 0 saturated carbocycles. The summed E-state index contributed by atoms with van der Waals surface area (Å²) in [6, 6.07) is 4.31. The van der Waals surface area contributed by atoms with E-state index in [2.05, 4.69) is 5.32 Å². The Morgan fingerprint density at radius 2 is 2.12 bits per heavy atom. The van der Waals surface area contributed by atoms with Crippen LogP contribution in [0.5, 0.6) is 0 Å². The van der Waals surface area contributed by atoms with Crippen molar-refractivity contribution in [2.45, 2.75) is 19.0 Å². The van der Waals surface area contributed by atoms with Gasteiger partial charge in [-0.15, -0.1) is 0 Å². The van der Waals surface area contributed by atoms with Gasteiger partial charge in [-0.3, -0.25) is 0 Å². The third-order valence-electron chi connectivity index (χ3n) is 2.28. The predicted molar refractivity (Wildman–Crippen MR) is 60.8 cm³/mol. The molecule has 0 amide bonds. The predicted octanol–water partition coefficient (Wildman–Crippen LogP) is 1.31. The van der Waals surface area contributed by atoms with Crippen LogP contribution < -0.4 is 5.32 Å². The maximum atomic E-state index is 12.9. The van der Waals surface area contributed by atoms with E-state index >= 15 is 0 Å². The highest BCUT2D eigenvalue weighted by molar-refractivity contribution is 6.30. The van der Waals surface area contributed by atoms with E-state index in [4.69, 9.17) is 21.8 Å². The van der Waals surface area contributed by atoms with Gasteiger partial charge in [0, 0.05) is 19.2 Å². The van der Waals surface area contributed by atoms with E-state index in [1.807, 2.05) is 0 Å². The topological polar surface area (TPSA) is 52.5 Å². The number of hydrogen-bond acceptors (Lipinski definition) is 3. The molecule has 90 valence electrons. The first-order valence-corrected chi connectivity index (χ1v) is 5.44. The minimum Gasteiger partial charge on any atom is -0.396 e. The van der Waals surface area contributed by atoms with Crippen molar-refractivity contribution < 1.29 is 14.6 Å². The van der Waals surface area contributed by atoms with Crippen LogP contribution in [0.25, 0.3) is 0 Å². The van der Waals surface area contributed by atoms with Crippen LogP contribution >= 0.6 is 11.6 Å². The number of rotatable bonds is 6. The van der Waals surface area contributed by atoms with Gasteiger partial charge < -0.3 is 15.5 Å². The first kappa shape index (κ1) is 13.4. The number of halogens is 2. The molecule has 1 rings (SSSR count). The summed E-state index contributed by atoms with van der Waals surface area (Å²) >= 11 is 5.63. The van der Waals surface area contributed by atoms with Crippen molar-refractivity contribution in [2.75, 3.05) is 13.2 Å². The zero-order chi connectivity index (χ0) is 12.0. The molecule has 0 spiro atoms. The number of nitrogens with one attached hydrogen (secondary N) is 1. The quantitative estimate of drug-likeness (QED) is 0.711. The van der Waals surface area contributed by atoms with E-state index in [1.54, 1.807) is 6.07 Å². The molecule has 1 atom stereocenters. The summed E-state index contributed by atoms with van der Waals surface area (Å²) in [5.74, 6) is -0.445. The van der Waals surface area contributed by atoms with Gasteiger partial charge in [-0.25, -0.2) is 4.39 Å². The SMILES string of the molecule is OCCC(CO)NCc1ccc(F)c(Cl)c1. The second-order valence-corrected chi connectivity index (χ2v) is 3.93. The zero-order valence-corrected chi connectivity index (χ0v) is 9.54. The first-order chi connectivity index (χ1) is 7.67. The molecule has 3 N–H and O–H groups in total. The van der Waals surface area contributed by atoms with Gasteiger partial charge in [0.2, 0.25) is 0 Å². The Bertz CT molecular complexity index is 336. The maximum absolute atomic E-state index is 12.9. The number of hydrogen-bond donors (Lipinski definition) is 3. The average molecular weight is 248 g/mol. The lowest BCUT2D eigenvalue weighted by Crippen LogP contribution is -2.32. The minimum absolute atomic E-state index is 0.0163. The van der Waals surface area contributed by atoms with E-state index in [0.717, 1.165) is 5.56 Å². The van der Waals surface area contributed by atoms with Crippen LogP contribution in [0.4, 0.5) is 4.39 Å². The minimum atomic E-state index is -0.445.